The molecule has 0 spiro atoms. The molecule has 1 rings (SSSR count). The van der Waals surface area contributed by atoms with Crippen molar-refractivity contribution in [2.45, 2.75) is 20.1 Å². The van der Waals surface area contributed by atoms with Crippen LogP contribution in [0.2, 0.25) is 0 Å². The minimum Gasteiger partial charge on any atom is -0.378 e. The molecule has 0 aromatic heterocycles. The highest BCUT2D eigenvalue weighted by atomic mass is 16.5. The van der Waals surface area contributed by atoms with Gasteiger partial charge >= 0.3 is 0 Å². The molecule has 0 amide bonds. The van der Waals surface area contributed by atoms with E-state index in [-0.39, 0.29) is 0 Å². The van der Waals surface area contributed by atoms with Crippen LogP contribution in [-0.4, -0.2) is 72.1 Å². The average Bonchev–Trinajstić information content (AvgIpc) is 2.30. The summed E-state index contributed by atoms with van der Waals surface area (Å²) in [5.74, 6) is 0.425. The fourth-order valence-corrected chi connectivity index (χ4v) is 1.66. The van der Waals surface area contributed by atoms with Gasteiger partial charge in [0, 0.05) is 26.7 Å². The van der Waals surface area contributed by atoms with Gasteiger partial charge in [-0.1, -0.05) is 0 Å². The van der Waals surface area contributed by atoms with Crippen molar-refractivity contribution in [1.82, 2.24) is 14.9 Å². The van der Waals surface area contributed by atoms with Crippen LogP contribution in [0.3, 0.4) is 0 Å². The summed E-state index contributed by atoms with van der Waals surface area (Å²) >= 11 is 0. The lowest BCUT2D eigenvalue weighted by Crippen LogP contribution is -2.55. The molecule has 0 aromatic carbocycles. The fourth-order valence-electron chi connectivity index (χ4n) is 1.66. The van der Waals surface area contributed by atoms with Gasteiger partial charge in [-0.15, -0.1) is 0 Å². The van der Waals surface area contributed by atoms with E-state index in [1.54, 1.807) is 24.0 Å². The van der Waals surface area contributed by atoms with Crippen LogP contribution in [0.4, 0.5) is 0 Å². The lowest BCUT2D eigenvalue weighted by Gasteiger charge is -2.40. The maximum atomic E-state index is 9.51. The Morgan fingerprint density at radius 2 is 2.06 bits per heavy atom. The van der Waals surface area contributed by atoms with Gasteiger partial charge in [-0.3, -0.25) is 10.4 Å². The lowest BCUT2D eigenvalue weighted by atomic mass is 10.4. The molecule has 1 aliphatic rings. The number of hydrogen-bond donors (Lipinski definition) is 2. The van der Waals surface area contributed by atoms with Crippen LogP contribution in [0, 0.1) is 5.41 Å². The van der Waals surface area contributed by atoms with Gasteiger partial charge in [-0.05, 0) is 13.8 Å². The van der Waals surface area contributed by atoms with Gasteiger partial charge < -0.3 is 14.7 Å². The van der Waals surface area contributed by atoms with Crippen molar-refractivity contribution in [3.05, 3.63) is 0 Å². The number of rotatable bonds is 3. The summed E-state index contributed by atoms with van der Waals surface area (Å²) in [6, 6.07) is 0. The molecule has 2 N–H and O–H groups in total. The summed E-state index contributed by atoms with van der Waals surface area (Å²) < 4.78 is 5.25. The third kappa shape index (κ3) is 3.07. The highest BCUT2D eigenvalue weighted by Crippen LogP contribution is 2.06. The van der Waals surface area contributed by atoms with Gasteiger partial charge in [0.1, 0.15) is 6.23 Å². The van der Waals surface area contributed by atoms with Crippen LogP contribution in [0.25, 0.3) is 0 Å². The SMILES string of the molecule is CCN(C(=N)N1CCOCC1)N(C)C(C)O. The average molecular weight is 230 g/mol. The first kappa shape index (κ1) is 13.2. The molecule has 1 unspecified atom stereocenters. The second-order valence-corrected chi connectivity index (χ2v) is 3.84. The van der Waals surface area contributed by atoms with Crippen molar-refractivity contribution in [3.63, 3.8) is 0 Å². The Balaban J connectivity index is 2.60. The summed E-state index contributed by atoms with van der Waals surface area (Å²) in [4.78, 5) is 1.96. The Bertz CT molecular complexity index is 229. The Morgan fingerprint density at radius 3 is 2.50 bits per heavy atom. The molecule has 0 aliphatic carbocycles. The first-order valence-electron chi connectivity index (χ1n) is 5.67. The van der Waals surface area contributed by atoms with Crippen molar-refractivity contribution in [1.29, 1.82) is 5.41 Å². The number of guanidine groups is 1. The quantitative estimate of drug-likeness (QED) is 0.303. The topological polar surface area (TPSA) is 63.0 Å². The van der Waals surface area contributed by atoms with Crippen molar-refractivity contribution >= 4 is 5.96 Å². The molecule has 16 heavy (non-hydrogen) atoms. The summed E-state index contributed by atoms with van der Waals surface area (Å²) in [7, 11) is 1.78. The first-order chi connectivity index (χ1) is 7.57. The molecule has 1 heterocycles. The largest absolute Gasteiger partial charge is 0.378 e. The van der Waals surface area contributed by atoms with E-state index in [4.69, 9.17) is 10.1 Å². The zero-order valence-electron chi connectivity index (χ0n) is 10.3. The fraction of sp³-hybridized carbons (Fsp3) is 0.900. The zero-order chi connectivity index (χ0) is 12.1. The van der Waals surface area contributed by atoms with Gasteiger partial charge in [0.25, 0.3) is 0 Å². The van der Waals surface area contributed by atoms with Crippen molar-refractivity contribution in [3.8, 4) is 0 Å². The number of aliphatic hydroxyl groups is 1. The number of nitrogens with zero attached hydrogens (tertiary/aromatic N) is 3. The standard InChI is InChI=1S/C10H22N4O2/c1-4-14(12(3)9(2)15)10(11)13-5-7-16-8-6-13/h9,11,15H,4-8H2,1-3H3. The van der Waals surface area contributed by atoms with Crippen LogP contribution in [0.15, 0.2) is 0 Å². The van der Waals surface area contributed by atoms with Crippen molar-refractivity contribution < 1.29 is 9.84 Å². The summed E-state index contributed by atoms with van der Waals surface area (Å²) in [5, 5.41) is 21.0. The highest BCUT2D eigenvalue weighted by molar-refractivity contribution is 5.76. The number of hydrazine groups is 1. The van der Waals surface area contributed by atoms with E-state index in [1.807, 2.05) is 11.8 Å². The number of ether oxygens (including phenoxy) is 1. The molecule has 94 valence electrons. The third-order valence-corrected chi connectivity index (χ3v) is 2.78. The summed E-state index contributed by atoms with van der Waals surface area (Å²) in [5.41, 5.74) is 0. The number of aliphatic hydroxyl groups excluding tert-OH is 1. The smallest absolute Gasteiger partial charge is 0.208 e. The van der Waals surface area contributed by atoms with Gasteiger partial charge in [0.05, 0.1) is 13.2 Å². The number of morpholine rings is 1. The monoisotopic (exact) mass is 230 g/mol. The van der Waals surface area contributed by atoms with Crippen molar-refractivity contribution in [2.75, 3.05) is 39.9 Å². The van der Waals surface area contributed by atoms with Crippen LogP contribution in [0.5, 0.6) is 0 Å². The van der Waals surface area contributed by atoms with Crippen LogP contribution < -0.4 is 0 Å². The Hall–Kier alpha value is -0.850. The molecule has 1 atom stereocenters. The molecular weight excluding hydrogens is 208 g/mol. The van der Waals surface area contributed by atoms with E-state index in [0.717, 1.165) is 13.1 Å². The second-order valence-electron chi connectivity index (χ2n) is 3.84. The maximum Gasteiger partial charge on any atom is 0.208 e. The van der Waals surface area contributed by atoms with E-state index >= 15 is 0 Å². The van der Waals surface area contributed by atoms with E-state index in [0.29, 0.717) is 25.7 Å². The van der Waals surface area contributed by atoms with E-state index in [9.17, 15) is 5.11 Å². The second kappa shape index (κ2) is 6.03. The molecule has 6 nitrogen and oxygen atoms in total. The zero-order valence-corrected chi connectivity index (χ0v) is 10.3. The minimum absolute atomic E-state index is 0.425. The lowest BCUT2D eigenvalue weighted by molar-refractivity contribution is -0.0790. The van der Waals surface area contributed by atoms with E-state index in [1.165, 1.54) is 0 Å². The van der Waals surface area contributed by atoms with Gasteiger partial charge in [-0.25, -0.2) is 0 Å². The summed E-state index contributed by atoms with van der Waals surface area (Å²) in [6.07, 6.45) is -0.596. The van der Waals surface area contributed by atoms with Gasteiger partial charge in [0.15, 0.2) is 0 Å². The molecule has 0 saturated carbocycles. The number of nitrogens with one attached hydrogen (secondary N) is 1. The Labute approximate surface area is 96.9 Å². The Morgan fingerprint density at radius 1 is 1.50 bits per heavy atom. The highest BCUT2D eigenvalue weighted by Gasteiger charge is 2.22. The van der Waals surface area contributed by atoms with Crippen molar-refractivity contribution in [2.24, 2.45) is 0 Å². The predicted octanol–water partition coefficient (Wildman–Crippen LogP) is -0.240. The molecule has 6 heteroatoms. The molecular formula is C10H22N4O2. The van der Waals surface area contributed by atoms with Crippen LogP contribution in [-0.2, 0) is 4.74 Å². The normalized spacial score (nSPS) is 18.7. The molecule has 0 bridgehead atoms. The first-order valence-corrected chi connectivity index (χ1v) is 5.67. The summed E-state index contributed by atoms with van der Waals surface area (Å²) in [6.45, 7) is 7.13. The molecule has 1 aliphatic heterocycles. The molecule has 1 fully saturated rings. The number of hydrogen-bond acceptors (Lipinski definition) is 4. The van der Waals surface area contributed by atoms with Gasteiger partial charge in [0.2, 0.25) is 5.96 Å². The maximum absolute atomic E-state index is 9.51. The Kier molecular flexibility index (Phi) is 4.98. The van der Waals surface area contributed by atoms with Gasteiger partial charge in [-0.2, -0.15) is 5.01 Å². The minimum atomic E-state index is -0.596. The molecule has 0 aromatic rings. The van der Waals surface area contributed by atoms with Crippen LogP contribution >= 0.6 is 0 Å². The van der Waals surface area contributed by atoms with Crippen LogP contribution in [0.1, 0.15) is 13.8 Å². The molecule has 1 saturated heterocycles. The third-order valence-electron chi connectivity index (χ3n) is 2.78. The predicted molar refractivity (Wildman–Crippen MR) is 61.9 cm³/mol. The van der Waals surface area contributed by atoms with E-state index in [2.05, 4.69) is 0 Å². The van der Waals surface area contributed by atoms with E-state index < -0.39 is 6.23 Å². The molecule has 0 radical (unpaired) electrons.